The number of methoxy groups -OCH3 is 1. The summed E-state index contributed by atoms with van der Waals surface area (Å²) in [4.78, 5) is 11.8. The van der Waals surface area contributed by atoms with Gasteiger partial charge in [-0.3, -0.25) is 0 Å². The number of amides is 2. The van der Waals surface area contributed by atoms with Crippen LogP contribution in [0.3, 0.4) is 0 Å². The van der Waals surface area contributed by atoms with Gasteiger partial charge in [-0.25, -0.2) is 10.2 Å². The highest BCUT2D eigenvalue weighted by Crippen LogP contribution is 2.30. The number of urea groups is 1. The van der Waals surface area contributed by atoms with Crippen LogP contribution in [0, 0.1) is 0 Å². The zero-order chi connectivity index (χ0) is 17.4. The molecule has 0 unspecified atom stereocenters. The summed E-state index contributed by atoms with van der Waals surface area (Å²) in [5.74, 6) is 1.20. The molecule has 0 spiro atoms. The summed E-state index contributed by atoms with van der Waals surface area (Å²) in [5, 5.41) is 6.64. The molecule has 0 aromatic heterocycles. The third-order valence-corrected chi connectivity index (χ3v) is 2.98. The molecular formula is C18H21N3O3. The number of ether oxygens (including phenoxy) is 2. The van der Waals surface area contributed by atoms with Crippen molar-refractivity contribution in [1.29, 1.82) is 0 Å². The minimum Gasteiger partial charge on any atom is -0.493 e. The lowest BCUT2D eigenvalue weighted by Gasteiger charge is -2.15. The second-order valence-electron chi connectivity index (χ2n) is 5.24. The topological polar surface area (TPSA) is 72.0 Å². The van der Waals surface area contributed by atoms with Gasteiger partial charge in [0.05, 0.1) is 19.4 Å². The van der Waals surface area contributed by atoms with E-state index in [2.05, 4.69) is 15.8 Å². The van der Waals surface area contributed by atoms with Crippen LogP contribution in [0.25, 0.3) is 0 Å². The maximum absolute atomic E-state index is 11.8. The van der Waals surface area contributed by atoms with E-state index in [1.54, 1.807) is 19.2 Å². The van der Waals surface area contributed by atoms with Crippen LogP contribution in [0.4, 0.5) is 10.5 Å². The van der Waals surface area contributed by atoms with Crippen LogP contribution < -0.4 is 20.2 Å². The van der Waals surface area contributed by atoms with Crippen molar-refractivity contribution >= 4 is 17.9 Å². The maximum Gasteiger partial charge on any atom is 0.339 e. The van der Waals surface area contributed by atoms with Crippen LogP contribution in [0.15, 0.2) is 53.6 Å². The van der Waals surface area contributed by atoms with Gasteiger partial charge in [0, 0.05) is 11.3 Å². The van der Waals surface area contributed by atoms with Gasteiger partial charge in [-0.05, 0) is 38.1 Å². The molecule has 126 valence electrons. The van der Waals surface area contributed by atoms with E-state index in [1.807, 2.05) is 50.2 Å². The van der Waals surface area contributed by atoms with Crippen molar-refractivity contribution in [3.8, 4) is 11.5 Å². The lowest BCUT2D eigenvalue weighted by atomic mass is 10.2. The van der Waals surface area contributed by atoms with Crippen molar-refractivity contribution < 1.29 is 14.3 Å². The van der Waals surface area contributed by atoms with Gasteiger partial charge in [0.2, 0.25) is 0 Å². The molecule has 0 heterocycles. The monoisotopic (exact) mass is 327 g/mol. The number of nitrogens with one attached hydrogen (secondary N) is 2. The molecule has 0 bridgehead atoms. The number of anilines is 1. The lowest BCUT2D eigenvalue weighted by Crippen LogP contribution is -2.24. The Morgan fingerprint density at radius 2 is 1.88 bits per heavy atom. The fraction of sp³-hybridized carbons (Fsp3) is 0.222. The quantitative estimate of drug-likeness (QED) is 0.628. The SMILES string of the molecule is COc1cccc(/C=N/NC(=O)Nc2ccccc2)c1OC(C)C. The van der Waals surface area contributed by atoms with Crippen LogP contribution >= 0.6 is 0 Å². The van der Waals surface area contributed by atoms with E-state index < -0.39 is 6.03 Å². The van der Waals surface area contributed by atoms with Crippen LogP contribution in [0.2, 0.25) is 0 Å². The molecule has 0 radical (unpaired) electrons. The molecule has 2 aromatic rings. The molecule has 2 aromatic carbocycles. The predicted octanol–water partition coefficient (Wildman–Crippen LogP) is 3.64. The summed E-state index contributed by atoms with van der Waals surface area (Å²) in [6.07, 6.45) is 1.51. The summed E-state index contributed by atoms with van der Waals surface area (Å²) in [6.45, 7) is 3.86. The molecule has 6 nitrogen and oxygen atoms in total. The standard InChI is InChI=1S/C18H21N3O3/c1-13(2)24-17-14(8-7-11-16(17)23-3)12-19-21-18(22)20-15-9-5-4-6-10-15/h4-13H,1-3H3,(H2,20,21,22)/b19-12+. The van der Waals surface area contributed by atoms with E-state index in [0.717, 1.165) is 0 Å². The third kappa shape index (κ3) is 5.01. The average Bonchev–Trinajstić information content (AvgIpc) is 2.56. The molecule has 0 aliphatic carbocycles. The summed E-state index contributed by atoms with van der Waals surface area (Å²) >= 11 is 0. The molecule has 2 rings (SSSR count). The van der Waals surface area contributed by atoms with Crippen molar-refractivity contribution in [3.05, 3.63) is 54.1 Å². The van der Waals surface area contributed by atoms with E-state index in [1.165, 1.54) is 6.21 Å². The highest BCUT2D eigenvalue weighted by molar-refractivity contribution is 5.91. The summed E-state index contributed by atoms with van der Waals surface area (Å²) in [7, 11) is 1.58. The fourth-order valence-electron chi connectivity index (χ4n) is 2.00. The lowest BCUT2D eigenvalue weighted by molar-refractivity contribution is 0.230. The van der Waals surface area contributed by atoms with E-state index in [0.29, 0.717) is 22.7 Å². The third-order valence-electron chi connectivity index (χ3n) is 2.98. The van der Waals surface area contributed by atoms with Gasteiger partial charge in [0.15, 0.2) is 11.5 Å². The Labute approximate surface area is 141 Å². The van der Waals surface area contributed by atoms with Crippen LogP contribution in [0.5, 0.6) is 11.5 Å². The second kappa shape index (κ2) is 8.57. The van der Waals surface area contributed by atoms with E-state index in [4.69, 9.17) is 9.47 Å². The zero-order valence-corrected chi connectivity index (χ0v) is 13.9. The van der Waals surface area contributed by atoms with E-state index in [9.17, 15) is 4.79 Å². The number of carbonyl (C=O) groups excluding carboxylic acids is 1. The Kier molecular flexibility index (Phi) is 6.19. The van der Waals surface area contributed by atoms with Crippen molar-refractivity contribution in [3.63, 3.8) is 0 Å². The molecule has 6 heteroatoms. The van der Waals surface area contributed by atoms with Crippen molar-refractivity contribution in [2.75, 3.05) is 12.4 Å². The first-order valence-corrected chi connectivity index (χ1v) is 7.59. The number of para-hydroxylation sites is 2. The molecule has 24 heavy (non-hydrogen) atoms. The van der Waals surface area contributed by atoms with Crippen molar-refractivity contribution in [2.45, 2.75) is 20.0 Å². The van der Waals surface area contributed by atoms with E-state index >= 15 is 0 Å². The molecule has 0 saturated carbocycles. The molecule has 2 N–H and O–H groups in total. The number of carbonyl (C=O) groups is 1. The minimum absolute atomic E-state index is 0.0113. The van der Waals surface area contributed by atoms with Gasteiger partial charge in [-0.15, -0.1) is 0 Å². The first kappa shape index (κ1) is 17.3. The van der Waals surface area contributed by atoms with Crippen LogP contribution in [-0.2, 0) is 0 Å². The summed E-state index contributed by atoms with van der Waals surface area (Å²) < 4.78 is 11.1. The number of rotatable bonds is 6. The van der Waals surface area contributed by atoms with Gasteiger partial charge < -0.3 is 14.8 Å². The van der Waals surface area contributed by atoms with Gasteiger partial charge in [-0.1, -0.05) is 24.3 Å². The van der Waals surface area contributed by atoms with Gasteiger partial charge >= 0.3 is 6.03 Å². The smallest absolute Gasteiger partial charge is 0.339 e. The number of benzene rings is 2. The first-order valence-electron chi connectivity index (χ1n) is 7.59. The molecule has 0 saturated heterocycles. The number of hydrogen-bond donors (Lipinski definition) is 2. The van der Waals surface area contributed by atoms with Crippen LogP contribution in [-0.4, -0.2) is 25.5 Å². The van der Waals surface area contributed by atoms with Crippen molar-refractivity contribution in [2.24, 2.45) is 5.10 Å². The Morgan fingerprint density at radius 1 is 1.12 bits per heavy atom. The largest absolute Gasteiger partial charge is 0.493 e. The Balaban J connectivity index is 2.04. The van der Waals surface area contributed by atoms with Crippen molar-refractivity contribution in [1.82, 2.24) is 5.43 Å². The molecule has 0 atom stereocenters. The average molecular weight is 327 g/mol. The normalized spacial score (nSPS) is 10.7. The summed E-state index contributed by atoms with van der Waals surface area (Å²) in [5.41, 5.74) is 3.82. The maximum atomic E-state index is 11.8. The molecular weight excluding hydrogens is 306 g/mol. The molecule has 2 amide bonds. The number of hydrogen-bond acceptors (Lipinski definition) is 4. The highest BCUT2D eigenvalue weighted by Gasteiger charge is 2.10. The molecule has 0 aliphatic rings. The molecule has 0 aliphatic heterocycles. The van der Waals surface area contributed by atoms with Gasteiger partial charge in [-0.2, -0.15) is 5.10 Å². The number of nitrogens with zero attached hydrogens (tertiary/aromatic N) is 1. The Bertz CT molecular complexity index is 700. The fourth-order valence-corrected chi connectivity index (χ4v) is 2.00. The highest BCUT2D eigenvalue weighted by atomic mass is 16.5. The molecule has 0 fully saturated rings. The Hall–Kier alpha value is -3.02. The first-order chi connectivity index (χ1) is 11.6. The van der Waals surface area contributed by atoms with E-state index in [-0.39, 0.29) is 6.10 Å². The predicted molar refractivity (Wildman–Crippen MR) is 94.9 cm³/mol. The zero-order valence-electron chi connectivity index (χ0n) is 13.9. The minimum atomic E-state index is -0.424. The second-order valence-corrected chi connectivity index (χ2v) is 5.24. The number of hydrazone groups is 1. The van der Waals surface area contributed by atoms with Gasteiger partial charge in [0.25, 0.3) is 0 Å². The van der Waals surface area contributed by atoms with Crippen LogP contribution in [0.1, 0.15) is 19.4 Å². The van der Waals surface area contributed by atoms with Gasteiger partial charge in [0.1, 0.15) is 0 Å². The summed E-state index contributed by atoms with van der Waals surface area (Å²) in [6, 6.07) is 14.2. The Morgan fingerprint density at radius 3 is 2.54 bits per heavy atom.